The molecule has 6 unspecified atom stereocenters. The normalized spacial score (nSPS) is 28.9. The average Bonchev–Trinajstić information content (AvgIpc) is 3.41. The summed E-state index contributed by atoms with van der Waals surface area (Å²) in [6, 6.07) is 19.0. The van der Waals surface area contributed by atoms with Crippen molar-refractivity contribution < 1.29 is 33.8 Å². The van der Waals surface area contributed by atoms with Crippen molar-refractivity contribution in [3.8, 4) is 17.2 Å². The van der Waals surface area contributed by atoms with Crippen LogP contribution in [-0.2, 0) is 19.2 Å². The number of hydrogen-bond acceptors (Lipinski definition) is 7. The summed E-state index contributed by atoms with van der Waals surface area (Å²) < 4.78 is 12.5. The van der Waals surface area contributed by atoms with E-state index in [0.717, 1.165) is 9.14 Å². The van der Waals surface area contributed by atoms with Crippen LogP contribution in [0.5, 0.6) is 17.2 Å². The first-order valence-electron chi connectivity index (χ1n) is 14.8. The van der Waals surface area contributed by atoms with E-state index in [9.17, 15) is 24.3 Å². The van der Waals surface area contributed by atoms with Gasteiger partial charge in [-0.25, -0.2) is 4.90 Å². The third-order valence-electron chi connectivity index (χ3n) is 10.2. The lowest BCUT2D eigenvalue weighted by molar-refractivity contribution is -0.131. The maximum atomic E-state index is 14.6. The summed E-state index contributed by atoms with van der Waals surface area (Å²) in [6.45, 7) is 1.81. The summed E-state index contributed by atoms with van der Waals surface area (Å²) in [7, 11) is 2.94. The number of rotatable bonds is 5. The van der Waals surface area contributed by atoms with Crippen molar-refractivity contribution in [2.45, 2.75) is 25.7 Å². The Balaban J connectivity index is 1.42. The quantitative estimate of drug-likeness (QED) is 0.212. The topological polar surface area (TPSA) is 113 Å². The predicted octanol–water partition coefficient (Wildman–Crippen LogP) is 5.45. The van der Waals surface area contributed by atoms with E-state index in [1.54, 1.807) is 43.3 Å². The highest BCUT2D eigenvalue weighted by atomic mass is 127. The molecule has 0 bridgehead atoms. The molecule has 0 aromatic heterocycles. The minimum absolute atomic E-state index is 0.0799. The van der Waals surface area contributed by atoms with E-state index in [0.29, 0.717) is 34.9 Å². The number of phenols is 1. The van der Waals surface area contributed by atoms with Crippen LogP contribution in [0.15, 0.2) is 78.4 Å². The van der Waals surface area contributed by atoms with Gasteiger partial charge in [0.2, 0.25) is 23.6 Å². The molecule has 1 saturated carbocycles. The van der Waals surface area contributed by atoms with E-state index in [1.807, 2.05) is 24.3 Å². The number of carbonyl (C=O) groups excluding carboxylic acids is 4. The monoisotopic (exact) mass is 718 g/mol. The second-order valence-corrected chi connectivity index (χ2v) is 13.5. The van der Waals surface area contributed by atoms with Crippen LogP contribution >= 0.6 is 22.6 Å². The SMILES string of the molecule is COc1cc(O)cc(OC)c1C1C2=CCC3C(=O)N(c4ccc(I)cc4)C(=O)C3C2CC2C(=O)N(c3ccccc3)C(=O)C21C. The predicted molar refractivity (Wildman–Crippen MR) is 174 cm³/mol. The van der Waals surface area contributed by atoms with Crippen molar-refractivity contribution in [1.29, 1.82) is 0 Å². The van der Waals surface area contributed by atoms with Crippen LogP contribution in [0.3, 0.4) is 0 Å². The van der Waals surface area contributed by atoms with E-state index < -0.39 is 35.0 Å². The number of allylic oxidation sites excluding steroid dienone is 2. The Morgan fingerprint density at radius 1 is 0.822 bits per heavy atom. The number of aromatic hydroxyl groups is 1. The van der Waals surface area contributed by atoms with Gasteiger partial charge in [-0.2, -0.15) is 0 Å². The first kappa shape index (κ1) is 29.5. The molecule has 3 aromatic rings. The smallest absolute Gasteiger partial charge is 0.241 e. The lowest BCUT2D eigenvalue weighted by Gasteiger charge is -2.49. The summed E-state index contributed by atoms with van der Waals surface area (Å²) in [4.78, 5) is 59.6. The molecule has 0 spiro atoms. The van der Waals surface area contributed by atoms with Gasteiger partial charge in [0.1, 0.15) is 17.2 Å². The molecule has 6 atom stereocenters. The Morgan fingerprint density at radius 2 is 1.44 bits per heavy atom. The summed E-state index contributed by atoms with van der Waals surface area (Å²) >= 11 is 2.18. The van der Waals surface area contributed by atoms with Crippen molar-refractivity contribution in [2.75, 3.05) is 24.0 Å². The molecule has 9 nitrogen and oxygen atoms in total. The van der Waals surface area contributed by atoms with Gasteiger partial charge in [0, 0.05) is 27.2 Å². The Bertz CT molecular complexity index is 1760. The van der Waals surface area contributed by atoms with Gasteiger partial charge < -0.3 is 14.6 Å². The van der Waals surface area contributed by atoms with Gasteiger partial charge in [-0.1, -0.05) is 29.8 Å². The molecule has 45 heavy (non-hydrogen) atoms. The molecule has 4 aliphatic rings. The van der Waals surface area contributed by atoms with Crippen LogP contribution in [0.4, 0.5) is 11.4 Å². The van der Waals surface area contributed by atoms with Crippen LogP contribution in [0.2, 0.25) is 0 Å². The van der Waals surface area contributed by atoms with E-state index in [4.69, 9.17) is 9.47 Å². The molecule has 230 valence electrons. The zero-order valence-electron chi connectivity index (χ0n) is 24.9. The summed E-state index contributed by atoms with van der Waals surface area (Å²) in [5.74, 6) is -4.06. The van der Waals surface area contributed by atoms with Crippen LogP contribution in [0.25, 0.3) is 0 Å². The standard InChI is InChI=1S/C35H31IN2O7/c1-35-25(32(41)38(34(35)43)19-7-5-4-6-8-19)17-24-22(30(35)29-26(44-2)15-21(39)16-27(29)45-3)13-14-23-28(24)33(42)37(31(23)40)20-11-9-18(36)10-12-20/h4-13,15-16,23-25,28,30,39H,14,17H2,1-3H3. The number of imide groups is 2. The van der Waals surface area contributed by atoms with Gasteiger partial charge in [0.25, 0.3) is 0 Å². The van der Waals surface area contributed by atoms with Gasteiger partial charge in [-0.15, -0.1) is 0 Å². The molecule has 2 heterocycles. The number of phenolic OH excluding ortho intramolecular Hbond substituents is 1. The third-order valence-corrected chi connectivity index (χ3v) is 10.9. The fourth-order valence-corrected chi connectivity index (χ4v) is 8.56. The molecule has 7 rings (SSSR count). The molecule has 4 amide bonds. The van der Waals surface area contributed by atoms with E-state index in [1.165, 1.54) is 36.2 Å². The van der Waals surface area contributed by atoms with Crippen LogP contribution in [-0.4, -0.2) is 43.0 Å². The third kappa shape index (κ3) is 4.17. The number of para-hydroxylation sites is 1. The summed E-state index contributed by atoms with van der Waals surface area (Å²) in [5.41, 5.74) is 1.03. The number of methoxy groups -OCH3 is 2. The molecule has 0 radical (unpaired) electrons. The number of fused-ring (bicyclic) bond motifs is 4. The first-order chi connectivity index (χ1) is 21.6. The highest BCUT2D eigenvalue weighted by molar-refractivity contribution is 14.1. The number of halogens is 1. The average molecular weight is 719 g/mol. The zero-order chi connectivity index (χ0) is 31.8. The molecule has 2 saturated heterocycles. The van der Waals surface area contributed by atoms with Crippen LogP contribution in [0.1, 0.15) is 31.2 Å². The summed E-state index contributed by atoms with van der Waals surface area (Å²) in [6.07, 6.45) is 2.53. The van der Waals surface area contributed by atoms with Gasteiger partial charge in [0.15, 0.2) is 0 Å². The Hall–Kier alpha value is -4.19. The Labute approximate surface area is 273 Å². The second kappa shape index (κ2) is 10.7. The first-order valence-corrected chi connectivity index (χ1v) is 15.9. The molecule has 2 aliphatic heterocycles. The fourth-order valence-electron chi connectivity index (χ4n) is 8.20. The van der Waals surface area contributed by atoms with Crippen molar-refractivity contribution in [2.24, 2.45) is 29.1 Å². The largest absolute Gasteiger partial charge is 0.508 e. The Morgan fingerprint density at radius 3 is 2.07 bits per heavy atom. The highest BCUT2D eigenvalue weighted by Gasteiger charge is 2.68. The molecular formula is C35H31IN2O7. The molecule has 2 aliphatic carbocycles. The lowest BCUT2D eigenvalue weighted by Crippen LogP contribution is -2.49. The number of hydrogen-bond donors (Lipinski definition) is 1. The number of carbonyl (C=O) groups is 4. The van der Waals surface area contributed by atoms with Crippen molar-refractivity contribution in [1.82, 2.24) is 0 Å². The van der Waals surface area contributed by atoms with Crippen molar-refractivity contribution in [3.05, 3.63) is 87.5 Å². The zero-order valence-corrected chi connectivity index (χ0v) is 27.1. The lowest BCUT2D eigenvalue weighted by atomic mass is 9.51. The Kier molecular flexibility index (Phi) is 7.03. The van der Waals surface area contributed by atoms with Gasteiger partial charge in [-0.05, 0) is 84.7 Å². The van der Waals surface area contributed by atoms with Crippen molar-refractivity contribution in [3.63, 3.8) is 0 Å². The van der Waals surface area contributed by atoms with Crippen LogP contribution in [0, 0.1) is 32.7 Å². The minimum Gasteiger partial charge on any atom is -0.508 e. The number of benzene rings is 3. The van der Waals surface area contributed by atoms with E-state index >= 15 is 0 Å². The summed E-state index contributed by atoms with van der Waals surface area (Å²) in [5, 5.41) is 10.5. The molecule has 3 fully saturated rings. The van der Waals surface area contributed by atoms with E-state index in [-0.39, 0.29) is 35.8 Å². The number of nitrogens with zero attached hydrogens (tertiary/aromatic N) is 2. The van der Waals surface area contributed by atoms with Crippen molar-refractivity contribution >= 4 is 57.6 Å². The van der Waals surface area contributed by atoms with Gasteiger partial charge in [0.05, 0.1) is 48.8 Å². The minimum atomic E-state index is -1.28. The fraction of sp³-hybridized carbons (Fsp3) is 0.314. The number of amides is 4. The maximum Gasteiger partial charge on any atom is 0.241 e. The van der Waals surface area contributed by atoms with Gasteiger partial charge in [-0.3, -0.25) is 24.1 Å². The molecule has 1 N–H and O–H groups in total. The highest BCUT2D eigenvalue weighted by Crippen LogP contribution is 2.65. The number of ether oxygens (including phenoxy) is 2. The second-order valence-electron chi connectivity index (χ2n) is 12.2. The number of anilines is 2. The molecular weight excluding hydrogens is 687 g/mol. The van der Waals surface area contributed by atoms with E-state index in [2.05, 4.69) is 22.6 Å². The van der Waals surface area contributed by atoms with Crippen LogP contribution < -0.4 is 19.3 Å². The maximum absolute atomic E-state index is 14.6. The molecule has 3 aromatic carbocycles. The molecule has 10 heteroatoms. The van der Waals surface area contributed by atoms with Gasteiger partial charge >= 0.3 is 0 Å².